The summed E-state index contributed by atoms with van der Waals surface area (Å²) in [5.41, 5.74) is 3.70. The van der Waals surface area contributed by atoms with Crippen molar-refractivity contribution < 1.29 is 5.11 Å². The van der Waals surface area contributed by atoms with Crippen molar-refractivity contribution in [3.8, 4) is 5.75 Å². The molecule has 3 rings (SSSR count). The Hall–Kier alpha value is -1.00. The number of phenolic OH excluding ortho intramolecular Hbond substituents is 1. The van der Waals surface area contributed by atoms with Crippen LogP contribution in [0.3, 0.4) is 0 Å². The standard InChI is InChI=1S/C13H15BrN2O/c1-16-10-3-2-4-15-7-9(10)13-11(16)5-8(14)6-12(13)17/h5-6,15,17H,2-4,7H2,1H3. The van der Waals surface area contributed by atoms with Gasteiger partial charge in [-0.2, -0.15) is 0 Å². The number of nitrogens with zero attached hydrogens (tertiary/aromatic N) is 1. The van der Waals surface area contributed by atoms with Gasteiger partial charge in [0, 0.05) is 29.1 Å². The van der Waals surface area contributed by atoms with E-state index in [9.17, 15) is 5.11 Å². The Morgan fingerprint density at radius 1 is 1.41 bits per heavy atom. The molecule has 90 valence electrons. The minimum atomic E-state index is 0.370. The quantitative estimate of drug-likeness (QED) is 0.784. The minimum Gasteiger partial charge on any atom is -0.507 e. The molecule has 0 saturated carbocycles. The monoisotopic (exact) mass is 294 g/mol. The van der Waals surface area contributed by atoms with Crippen LogP contribution in [0.25, 0.3) is 10.9 Å². The number of phenols is 1. The number of hydrogen-bond acceptors (Lipinski definition) is 2. The van der Waals surface area contributed by atoms with Gasteiger partial charge in [-0.05, 0) is 37.1 Å². The Labute approximate surface area is 109 Å². The van der Waals surface area contributed by atoms with Crippen LogP contribution in [0.1, 0.15) is 17.7 Å². The van der Waals surface area contributed by atoms with Crippen LogP contribution in [-0.4, -0.2) is 16.2 Å². The van der Waals surface area contributed by atoms with Crippen LogP contribution in [-0.2, 0) is 20.0 Å². The lowest BCUT2D eigenvalue weighted by molar-refractivity contribution is 0.481. The van der Waals surface area contributed by atoms with E-state index in [1.54, 1.807) is 6.07 Å². The second-order valence-corrected chi connectivity index (χ2v) is 5.50. The van der Waals surface area contributed by atoms with Crippen LogP contribution >= 0.6 is 15.9 Å². The summed E-state index contributed by atoms with van der Waals surface area (Å²) in [5, 5.41) is 14.6. The number of nitrogens with one attached hydrogen (secondary N) is 1. The van der Waals surface area contributed by atoms with E-state index in [0.29, 0.717) is 5.75 Å². The average molecular weight is 295 g/mol. The van der Waals surface area contributed by atoms with E-state index in [1.165, 1.54) is 11.3 Å². The van der Waals surface area contributed by atoms with Gasteiger partial charge in [-0.25, -0.2) is 0 Å². The third-order valence-corrected chi connectivity index (χ3v) is 4.00. The number of halogens is 1. The summed E-state index contributed by atoms with van der Waals surface area (Å²) < 4.78 is 3.13. The number of aromatic nitrogens is 1. The van der Waals surface area contributed by atoms with E-state index in [1.807, 2.05) is 0 Å². The van der Waals surface area contributed by atoms with Crippen LogP contribution < -0.4 is 5.32 Å². The first-order chi connectivity index (χ1) is 8.18. The zero-order valence-corrected chi connectivity index (χ0v) is 11.3. The molecule has 3 nitrogen and oxygen atoms in total. The molecule has 0 amide bonds. The summed E-state index contributed by atoms with van der Waals surface area (Å²) in [6.45, 7) is 1.90. The molecule has 0 spiro atoms. The van der Waals surface area contributed by atoms with Gasteiger partial charge >= 0.3 is 0 Å². The van der Waals surface area contributed by atoms with Crippen molar-refractivity contribution in [1.82, 2.24) is 9.88 Å². The van der Waals surface area contributed by atoms with Crippen LogP contribution in [0.4, 0.5) is 0 Å². The molecule has 0 atom stereocenters. The zero-order chi connectivity index (χ0) is 12.0. The maximum Gasteiger partial charge on any atom is 0.126 e. The topological polar surface area (TPSA) is 37.2 Å². The van der Waals surface area contributed by atoms with Crippen molar-refractivity contribution >= 4 is 26.8 Å². The normalized spacial score (nSPS) is 15.9. The first kappa shape index (κ1) is 11.1. The number of aromatic hydroxyl groups is 1. The molecule has 2 aromatic rings. The number of aryl methyl sites for hydroxylation is 1. The molecule has 0 bridgehead atoms. The number of rotatable bonds is 0. The van der Waals surface area contributed by atoms with E-state index in [2.05, 4.69) is 38.9 Å². The highest BCUT2D eigenvalue weighted by Gasteiger charge is 2.19. The Morgan fingerprint density at radius 3 is 3.06 bits per heavy atom. The van der Waals surface area contributed by atoms with E-state index >= 15 is 0 Å². The van der Waals surface area contributed by atoms with E-state index in [-0.39, 0.29) is 0 Å². The molecule has 0 aliphatic carbocycles. The molecule has 1 aliphatic rings. The molecule has 0 fully saturated rings. The second-order valence-electron chi connectivity index (χ2n) is 4.58. The van der Waals surface area contributed by atoms with E-state index < -0.39 is 0 Å². The predicted molar refractivity (Wildman–Crippen MR) is 72.3 cm³/mol. The fourth-order valence-corrected chi connectivity index (χ4v) is 3.18. The summed E-state index contributed by atoms with van der Waals surface area (Å²) >= 11 is 3.44. The molecule has 2 heterocycles. The predicted octanol–water partition coefficient (Wildman–Crippen LogP) is 2.68. The molecule has 0 saturated heterocycles. The van der Waals surface area contributed by atoms with Gasteiger partial charge in [0.1, 0.15) is 5.75 Å². The van der Waals surface area contributed by atoms with Crippen LogP contribution in [0, 0.1) is 0 Å². The summed E-state index contributed by atoms with van der Waals surface area (Å²) in [7, 11) is 2.08. The van der Waals surface area contributed by atoms with Gasteiger partial charge in [0.2, 0.25) is 0 Å². The highest BCUT2D eigenvalue weighted by molar-refractivity contribution is 9.10. The fraction of sp³-hybridized carbons (Fsp3) is 0.385. The zero-order valence-electron chi connectivity index (χ0n) is 9.76. The highest BCUT2D eigenvalue weighted by atomic mass is 79.9. The Bertz CT molecular complexity index is 589. The lowest BCUT2D eigenvalue weighted by atomic mass is 10.1. The average Bonchev–Trinajstić information content (AvgIpc) is 2.48. The summed E-state index contributed by atoms with van der Waals surface area (Å²) in [4.78, 5) is 0. The van der Waals surface area contributed by atoms with Gasteiger partial charge in [-0.15, -0.1) is 0 Å². The van der Waals surface area contributed by atoms with Crippen LogP contribution in [0.15, 0.2) is 16.6 Å². The lowest BCUT2D eigenvalue weighted by Gasteiger charge is -2.03. The second kappa shape index (κ2) is 4.03. The Balaban J connectivity index is 2.37. The number of hydrogen-bond donors (Lipinski definition) is 2. The molecule has 1 aliphatic heterocycles. The lowest BCUT2D eigenvalue weighted by Crippen LogP contribution is -2.11. The van der Waals surface area contributed by atoms with E-state index in [0.717, 1.165) is 41.3 Å². The third kappa shape index (κ3) is 1.67. The van der Waals surface area contributed by atoms with Gasteiger partial charge in [-0.1, -0.05) is 15.9 Å². The molecule has 2 N–H and O–H groups in total. The first-order valence-corrected chi connectivity index (χ1v) is 6.67. The largest absolute Gasteiger partial charge is 0.507 e. The van der Waals surface area contributed by atoms with Crippen LogP contribution in [0.5, 0.6) is 5.75 Å². The molecule has 0 unspecified atom stereocenters. The SMILES string of the molecule is Cn1c2c(c3c(O)cc(Br)cc31)CNCCC2. The van der Waals surface area contributed by atoms with Gasteiger partial charge in [0.25, 0.3) is 0 Å². The van der Waals surface area contributed by atoms with Gasteiger partial charge in [0.15, 0.2) is 0 Å². The van der Waals surface area contributed by atoms with Crippen molar-refractivity contribution in [2.75, 3.05) is 6.54 Å². The fourth-order valence-electron chi connectivity index (χ4n) is 2.75. The summed E-state index contributed by atoms with van der Waals surface area (Å²) in [6, 6.07) is 3.84. The Kier molecular flexibility index (Phi) is 2.64. The third-order valence-electron chi connectivity index (χ3n) is 3.55. The maximum absolute atomic E-state index is 10.1. The van der Waals surface area contributed by atoms with Crippen molar-refractivity contribution in [2.24, 2.45) is 7.05 Å². The molecule has 17 heavy (non-hydrogen) atoms. The smallest absolute Gasteiger partial charge is 0.126 e. The Morgan fingerprint density at radius 2 is 2.24 bits per heavy atom. The van der Waals surface area contributed by atoms with Crippen molar-refractivity contribution in [1.29, 1.82) is 0 Å². The number of fused-ring (bicyclic) bond motifs is 3. The van der Waals surface area contributed by atoms with Crippen molar-refractivity contribution in [3.63, 3.8) is 0 Å². The van der Waals surface area contributed by atoms with Gasteiger partial charge in [0.05, 0.1) is 5.52 Å². The van der Waals surface area contributed by atoms with Crippen molar-refractivity contribution in [3.05, 3.63) is 27.9 Å². The van der Waals surface area contributed by atoms with E-state index in [4.69, 9.17) is 0 Å². The minimum absolute atomic E-state index is 0.370. The van der Waals surface area contributed by atoms with Gasteiger partial charge < -0.3 is 15.0 Å². The number of benzene rings is 1. The van der Waals surface area contributed by atoms with Crippen molar-refractivity contribution in [2.45, 2.75) is 19.4 Å². The highest BCUT2D eigenvalue weighted by Crippen LogP contribution is 2.36. The van der Waals surface area contributed by atoms with Gasteiger partial charge in [-0.3, -0.25) is 0 Å². The molecular weight excluding hydrogens is 280 g/mol. The molecule has 1 aromatic heterocycles. The summed E-state index contributed by atoms with van der Waals surface area (Å²) in [5.74, 6) is 0.370. The molecule has 1 aromatic carbocycles. The van der Waals surface area contributed by atoms with Crippen LogP contribution in [0.2, 0.25) is 0 Å². The summed E-state index contributed by atoms with van der Waals surface area (Å²) in [6.07, 6.45) is 2.23. The molecule has 4 heteroatoms. The first-order valence-electron chi connectivity index (χ1n) is 5.88. The molecule has 0 radical (unpaired) electrons. The molecular formula is C13H15BrN2O. The maximum atomic E-state index is 10.1.